The number of carbonyl (C=O) groups excluding carboxylic acids is 2. The van der Waals surface area contributed by atoms with Crippen LogP contribution in [0, 0.1) is 5.92 Å². The smallest absolute Gasteiger partial charge is 0.227 e. The number of hydrogen-bond donors (Lipinski definition) is 1. The number of likely N-dealkylation sites (tertiary alicyclic amines) is 1. The van der Waals surface area contributed by atoms with Crippen LogP contribution in [0.3, 0.4) is 0 Å². The van der Waals surface area contributed by atoms with Gasteiger partial charge >= 0.3 is 0 Å². The molecule has 2 amide bonds. The van der Waals surface area contributed by atoms with E-state index in [1.54, 1.807) is 4.90 Å². The van der Waals surface area contributed by atoms with Gasteiger partial charge in [-0.3, -0.25) is 19.6 Å². The average Bonchev–Trinajstić information content (AvgIpc) is 3.49. The minimum absolute atomic E-state index is 0.105. The molecule has 0 aromatic carbocycles. The number of aromatic amines is 1. The summed E-state index contributed by atoms with van der Waals surface area (Å²) in [5.74, 6) is 0.808. The fraction of sp³-hybridized carbons (Fsp3) is 0.762. The number of rotatable bonds is 8. The average molecular weight is 404 g/mol. The van der Waals surface area contributed by atoms with Gasteiger partial charge in [-0.25, -0.2) is 0 Å². The third kappa shape index (κ3) is 5.36. The van der Waals surface area contributed by atoms with Gasteiger partial charge < -0.3 is 14.5 Å². The summed E-state index contributed by atoms with van der Waals surface area (Å²) in [4.78, 5) is 31.3. The van der Waals surface area contributed by atoms with Crippen molar-refractivity contribution in [3.8, 4) is 0 Å². The summed E-state index contributed by atoms with van der Waals surface area (Å²) in [6, 6.07) is 2.09. The van der Waals surface area contributed by atoms with E-state index in [4.69, 9.17) is 4.74 Å². The molecular weight excluding hydrogens is 370 g/mol. The first-order valence-electron chi connectivity index (χ1n) is 11.0. The molecule has 29 heavy (non-hydrogen) atoms. The number of piperidine rings is 1. The van der Waals surface area contributed by atoms with Crippen molar-refractivity contribution in [2.45, 2.75) is 44.6 Å². The molecule has 8 heteroatoms. The highest BCUT2D eigenvalue weighted by molar-refractivity contribution is 5.83. The molecule has 4 rings (SSSR count). The Morgan fingerprint density at radius 2 is 2.07 bits per heavy atom. The predicted molar refractivity (Wildman–Crippen MR) is 108 cm³/mol. The Morgan fingerprint density at radius 1 is 1.28 bits per heavy atom. The van der Waals surface area contributed by atoms with Gasteiger partial charge in [0.05, 0.1) is 37.1 Å². The lowest BCUT2D eigenvalue weighted by molar-refractivity contribution is -0.142. The molecule has 8 nitrogen and oxygen atoms in total. The molecule has 2 saturated heterocycles. The van der Waals surface area contributed by atoms with Crippen molar-refractivity contribution in [3.05, 3.63) is 17.5 Å². The number of nitrogens with one attached hydrogen (secondary N) is 1. The van der Waals surface area contributed by atoms with Gasteiger partial charge in [-0.15, -0.1) is 0 Å². The largest absolute Gasteiger partial charge is 0.379 e. The molecule has 1 N–H and O–H groups in total. The monoisotopic (exact) mass is 403 g/mol. The van der Waals surface area contributed by atoms with E-state index in [0.717, 1.165) is 57.2 Å². The second-order valence-electron chi connectivity index (χ2n) is 8.67. The van der Waals surface area contributed by atoms with Crippen LogP contribution in [-0.2, 0) is 20.9 Å². The van der Waals surface area contributed by atoms with Crippen LogP contribution in [-0.4, -0.2) is 89.7 Å². The summed E-state index contributed by atoms with van der Waals surface area (Å²) in [7, 11) is 1.85. The van der Waals surface area contributed by atoms with Gasteiger partial charge in [-0.2, -0.15) is 5.10 Å². The lowest BCUT2D eigenvalue weighted by atomic mass is 9.96. The van der Waals surface area contributed by atoms with E-state index in [0.29, 0.717) is 31.8 Å². The zero-order valence-electron chi connectivity index (χ0n) is 17.4. The first-order chi connectivity index (χ1) is 14.1. The predicted octanol–water partition coefficient (Wildman–Crippen LogP) is 1.21. The van der Waals surface area contributed by atoms with E-state index >= 15 is 0 Å². The molecule has 1 unspecified atom stereocenters. The molecule has 1 atom stereocenters. The van der Waals surface area contributed by atoms with E-state index < -0.39 is 0 Å². The molecule has 0 bridgehead atoms. The number of hydrogen-bond acceptors (Lipinski definition) is 5. The maximum absolute atomic E-state index is 13.0. The molecule has 2 aliphatic heterocycles. The Labute approximate surface area is 172 Å². The number of ether oxygens (including phenoxy) is 1. The van der Waals surface area contributed by atoms with Gasteiger partial charge in [0.1, 0.15) is 0 Å². The van der Waals surface area contributed by atoms with Crippen LogP contribution in [0.15, 0.2) is 6.07 Å². The lowest BCUT2D eigenvalue weighted by Gasteiger charge is -2.34. The standard InChI is InChI=1S/C21H33N5O3/c1-24(15-18-13-19(23-22-18)16-3-4-16)21(28)17-5-6-20(27)26(14-17)8-2-7-25-9-11-29-12-10-25/h13,16-17H,2-12,14-15H2,1H3,(H,22,23). The minimum atomic E-state index is -0.105. The summed E-state index contributed by atoms with van der Waals surface area (Å²) in [5, 5.41) is 7.44. The first-order valence-corrected chi connectivity index (χ1v) is 11.0. The van der Waals surface area contributed by atoms with Gasteiger partial charge in [0, 0.05) is 52.1 Å². The fourth-order valence-corrected chi connectivity index (χ4v) is 4.34. The third-order valence-electron chi connectivity index (χ3n) is 6.29. The highest BCUT2D eigenvalue weighted by Crippen LogP contribution is 2.39. The maximum atomic E-state index is 13.0. The molecule has 1 aromatic heterocycles. The van der Waals surface area contributed by atoms with Crippen LogP contribution in [0.25, 0.3) is 0 Å². The Hall–Kier alpha value is -1.93. The van der Waals surface area contributed by atoms with Crippen LogP contribution in [0.1, 0.15) is 49.4 Å². The van der Waals surface area contributed by atoms with Crippen LogP contribution < -0.4 is 0 Å². The van der Waals surface area contributed by atoms with Gasteiger partial charge in [0.2, 0.25) is 11.8 Å². The maximum Gasteiger partial charge on any atom is 0.227 e. The highest BCUT2D eigenvalue weighted by Gasteiger charge is 2.32. The summed E-state index contributed by atoms with van der Waals surface area (Å²) >= 11 is 0. The highest BCUT2D eigenvalue weighted by atomic mass is 16.5. The molecule has 160 valence electrons. The zero-order chi connectivity index (χ0) is 20.2. The Bertz CT molecular complexity index is 711. The van der Waals surface area contributed by atoms with Crippen molar-refractivity contribution in [2.24, 2.45) is 5.92 Å². The minimum Gasteiger partial charge on any atom is -0.379 e. The molecule has 0 spiro atoms. The van der Waals surface area contributed by atoms with Crippen LogP contribution >= 0.6 is 0 Å². The molecule has 1 aromatic rings. The van der Waals surface area contributed by atoms with E-state index in [1.165, 1.54) is 12.8 Å². The Morgan fingerprint density at radius 3 is 2.83 bits per heavy atom. The topological polar surface area (TPSA) is 81.8 Å². The fourth-order valence-electron chi connectivity index (χ4n) is 4.34. The molecular formula is C21H33N5O3. The summed E-state index contributed by atoms with van der Waals surface area (Å²) < 4.78 is 5.38. The van der Waals surface area contributed by atoms with Crippen LogP contribution in [0.5, 0.6) is 0 Å². The Balaban J connectivity index is 1.24. The van der Waals surface area contributed by atoms with Gasteiger partial charge in [0.25, 0.3) is 0 Å². The quantitative estimate of drug-likeness (QED) is 0.706. The second-order valence-corrected chi connectivity index (χ2v) is 8.67. The number of H-pyrrole nitrogens is 1. The first kappa shape index (κ1) is 20.3. The van der Waals surface area contributed by atoms with E-state index in [2.05, 4.69) is 21.2 Å². The number of amides is 2. The number of nitrogens with zero attached hydrogens (tertiary/aromatic N) is 4. The van der Waals surface area contributed by atoms with Crippen LogP contribution in [0.4, 0.5) is 0 Å². The molecule has 1 aliphatic carbocycles. The zero-order valence-corrected chi connectivity index (χ0v) is 17.4. The third-order valence-corrected chi connectivity index (χ3v) is 6.29. The van der Waals surface area contributed by atoms with E-state index in [-0.39, 0.29) is 17.7 Å². The Kier molecular flexibility index (Phi) is 6.50. The van der Waals surface area contributed by atoms with Gasteiger partial charge in [-0.1, -0.05) is 0 Å². The molecule has 1 saturated carbocycles. The van der Waals surface area contributed by atoms with Gasteiger partial charge in [-0.05, 0) is 31.7 Å². The van der Waals surface area contributed by atoms with Crippen molar-refractivity contribution in [1.29, 1.82) is 0 Å². The van der Waals surface area contributed by atoms with Crippen molar-refractivity contribution in [3.63, 3.8) is 0 Å². The molecule has 3 heterocycles. The van der Waals surface area contributed by atoms with Crippen LogP contribution in [0.2, 0.25) is 0 Å². The molecule has 0 radical (unpaired) electrons. The summed E-state index contributed by atoms with van der Waals surface area (Å²) in [5.41, 5.74) is 2.10. The number of aromatic nitrogens is 2. The van der Waals surface area contributed by atoms with Crippen molar-refractivity contribution >= 4 is 11.8 Å². The molecule has 3 fully saturated rings. The van der Waals surface area contributed by atoms with Crippen molar-refractivity contribution < 1.29 is 14.3 Å². The van der Waals surface area contributed by atoms with Gasteiger partial charge in [0.15, 0.2) is 0 Å². The normalized spacial score (nSPS) is 23.4. The van der Waals surface area contributed by atoms with E-state index in [1.807, 2.05) is 11.9 Å². The summed E-state index contributed by atoms with van der Waals surface area (Å²) in [6.45, 7) is 6.32. The summed E-state index contributed by atoms with van der Waals surface area (Å²) in [6.07, 6.45) is 4.50. The molecule has 3 aliphatic rings. The lowest BCUT2D eigenvalue weighted by Crippen LogP contribution is -2.47. The van der Waals surface area contributed by atoms with Crippen molar-refractivity contribution in [2.75, 3.05) is 53.0 Å². The van der Waals surface area contributed by atoms with Crippen molar-refractivity contribution in [1.82, 2.24) is 24.9 Å². The SMILES string of the molecule is CN(Cc1cc(C2CC2)n[nH]1)C(=O)C1CCC(=O)N(CCCN2CCOCC2)C1. The number of carbonyl (C=O) groups is 2. The second kappa shape index (κ2) is 9.26. The van der Waals surface area contributed by atoms with E-state index in [9.17, 15) is 9.59 Å². The number of morpholine rings is 1.